The molecular weight excluding hydrogens is 364 g/mol. The second-order valence-electron chi connectivity index (χ2n) is 6.53. The predicted molar refractivity (Wildman–Crippen MR) is 106 cm³/mol. The SMILES string of the molecule is CC(NC(=O)/C=C/c1ccc2c(c1)CCO2)c1cccc(NS(C)(=O)=O)c1. The van der Waals surface area contributed by atoms with Gasteiger partial charge in [0.05, 0.1) is 18.9 Å². The zero-order valence-electron chi connectivity index (χ0n) is 15.2. The zero-order valence-corrected chi connectivity index (χ0v) is 16.0. The van der Waals surface area contributed by atoms with Crippen molar-refractivity contribution in [2.45, 2.75) is 19.4 Å². The van der Waals surface area contributed by atoms with Crippen LogP contribution >= 0.6 is 0 Å². The third kappa shape index (κ3) is 5.34. The van der Waals surface area contributed by atoms with Gasteiger partial charge in [-0.15, -0.1) is 0 Å². The molecule has 1 atom stereocenters. The molecule has 2 aromatic carbocycles. The van der Waals surface area contributed by atoms with Crippen molar-refractivity contribution >= 4 is 27.7 Å². The average Bonchev–Trinajstić information content (AvgIpc) is 3.06. The van der Waals surface area contributed by atoms with E-state index in [1.165, 1.54) is 6.08 Å². The second-order valence-corrected chi connectivity index (χ2v) is 8.28. The van der Waals surface area contributed by atoms with Gasteiger partial charge >= 0.3 is 0 Å². The number of carbonyl (C=O) groups is 1. The molecule has 1 amide bonds. The summed E-state index contributed by atoms with van der Waals surface area (Å²) in [5, 5.41) is 2.88. The summed E-state index contributed by atoms with van der Waals surface area (Å²) in [5.41, 5.74) is 3.37. The van der Waals surface area contributed by atoms with Gasteiger partial charge in [-0.3, -0.25) is 9.52 Å². The molecular formula is C20H22N2O4S. The van der Waals surface area contributed by atoms with E-state index in [9.17, 15) is 13.2 Å². The van der Waals surface area contributed by atoms with E-state index in [-0.39, 0.29) is 11.9 Å². The van der Waals surface area contributed by atoms with Crippen LogP contribution < -0.4 is 14.8 Å². The molecule has 7 heteroatoms. The molecule has 27 heavy (non-hydrogen) atoms. The van der Waals surface area contributed by atoms with E-state index in [0.717, 1.165) is 35.1 Å². The van der Waals surface area contributed by atoms with Gasteiger partial charge in [0, 0.05) is 18.2 Å². The van der Waals surface area contributed by atoms with Crippen molar-refractivity contribution in [3.63, 3.8) is 0 Å². The van der Waals surface area contributed by atoms with Crippen molar-refractivity contribution in [3.05, 3.63) is 65.2 Å². The van der Waals surface area contributed by atoms with Gasteiger partial charge in [-0.25, -0.2) is 8.42 Å². The number of benzene rings is 2. The van der Waals surface area contributed by atoms with E-state index in [1.807, 2.05) is 31.2 Å². The van der Waals surface area contributed by atoms with E-state index in [4.69, 9.17) is 4.74 Å². The van der Waals surface area contributed by atoms with Crippen molar-refractivity contribution in [1.82, 2.24) is 5.32 Å². The number of rotatable bonds is 6. The van der Waals surface area contributed by atoms with Gasteiger partial charge in [0.2, 0.25) is 15.9 Å². The molecule has 0 aliphatic carbocycles. The molecule has 1 heterocycles. The third-order valence-corrected chi connectivity index (χ3v) is 4.80. The molecule has 0 bridgehead atoms. The standard InChI is InChI=1S/C20H22N2O4S/c1-14(16-4-3-5-18(13-16)22-27(2,24)25)21-20(23)9-7-15-6-8-19-17(12-15)10-11-26-19/h3-9,12-14,22H,10-11H2,1-2H3,(H,21,23)/b9-7+. The minimum absolute atomic E-state index is 0.222. The van der Waals surface area contributed by atoms with E-state index in [1.54, 1.807) is 24.3 Å². The lowest BCUT2D eigenvalue weighted by Crippen LogP contribution is -2.24. The van der Waals surface area contributed by atoms with E-state index in [0.29, 0.717) is 12.3 Å². The Morgan fingerprint density at radius 3 is 2.81 bits per heavy atom. The predicted octanol–water partition coefficient (Wildman–Crippen LogP) is 2.88. The van der Waals surface area contributed by atoms with Gasteiger partial charge in [0.1, 0.15) is 5.75 Å². The lowest BCUT2D eigenvalue weighted by atomic mass is 10.1. The van der Waals surface area contributed by atoms with Crippen LogP contribution in [0.25, 0.3) is 6.08 Å². The number of fused-ring (bicyclic) bond motifs is 1. The smallest absolute Gasteiger partial charge is 0.244 e. The number of carbonyl (C=O) groups excluding carboxylic acids is 1. The van der Waals surface area contributed by atoms with Crippen LogP contribution in [0.1, 0.15) is 29.7 Å². The van der Waals surface area contributed by atoms with Gasteiger partial charge in [-0.05, 0) is 54.0 Å². The topological polar surface area (TPSA) is 84.5 Å². The third-order valence-electron chi connectivity index (χ3n) is 4.19. The molecule has 0 saturated carbocycles. The first-order valence-electron chi connectivity index (χ1n) is 8.62. The lowest BCUT2D eigenvalue weighted by Gasteiger charge is -2.14. The van der Waals surface area contributed by atoms with Crippen LogP contribution in [0.5, 0.6) is 5.75 Å². The Labute approximate surface area is 159 Å². The molecule has 0 fully saturated rings. The van der Waals surface area contributed by atoms with Crippen molar-refractivity contribution in [2.75, 3.05) is 17.6 Å². The number of hydrogen-bond acceptors (Lipinski definition) is 4. The fourth-order valence-corrected chi connectivity index (χ4v) is 3.47. The van der Waals surface area contributed by atoms with Crippen LogP contribution in [-0.2, 0) is 21.2 Å². The minimum Gasteiger partial charge on any atom is -0.493 e. The highest BCUT2D eigenvalue weighted by atomic mass is 32.2. The number of nitrogens with one attached hydrogen (secondary N) is 2. The van der Waals surface area contributed by atoms with Crippen LogP contribution in [0.15, 0.2) is 48.5 Å². The summed E-state index contributed by atoms with van der Waals surface area (Å²) < 4.78 is 30.6. The average molecular weight is 386 g/mol. The second kappa shape index (κ2) is 7.84. The van der Waals surface area contributed by atoms with Crippen molar-refractivity contribution in [1.29, 1.82) is 0 Å². The van der Waals surface area contributed by atoms with Crippen LogP contribution in [0.3, 0.4) is 0 Å². The highest BCUT2D eigenvalue weighted by Gasteiger charge is 2.12. The lowest BCUT2D eigenvalue weighted by molar-refractivity contribution is -0.117. The van der Waals surface area contributed by atoms with Gasteiger partial charge in [0.25, 0.3) is 0 Å². The molecule has 2 N–H and O–H groups in total. The summed E-state index contributed by atoms with van der Waals surface area (Å²) in [5.74, 6) is 0.688. The largest absolute Gasteiger partial charge is 0.493 e. The number of anilines is 1. The molecule has 0 spiro atoms. The monoisotopic (exact) mass is 386 g/mol. The van der Waals surface area contributed by atoms with Crippen LogP contribution in [0, 0.1) is 0 Å². The summed E-state index contributed by atoms with van der Waals surface area (Å²) in [6.45, 7) is 2.55. The van der Waals surface area contributed by atoms with E-state index < -0.39 is 10.0 Å². The number of amides is 1. The fraction of sp³-hybridized carbons (Fsp3) is 0.250. The summed E-state index contributed by atoms with van der Waals surface area (Å²) in [6.07, 6.45) is 5.24. The Balaban J connectivity index is 1.63. The normalized spacial score (nSPS) is 14.4. The Morgan fingerprint density at radius 2 is 2.04 bits per heavy atom. The first-order chi connectivity index (χ1) is 12.8. The minimum atomic E-state index is -3.34. The van der Waals surface area contributed by atoms with Crippen molar-refractivity contribution in [2.24, 2.45) is 0 Å². The molecule has 6 nitrogen and oxygen atoms in total. The number of sulfonamides is 1. The molecule has 1 aliphatic heterocycles. The van der Waals surface area contributed by atoms with Gasteiger partial charge in [-0.1, -0.05) is 18.2 Å². The highest BCUT2D eigenvalue weighted by Crippen LogP contribution is 2.26. The summed E-state index contributed by atoms with van der Waals surface area (Å²) >= 11 is 0. The van der Waals surface area contributed by atoms with Gasteiger partial charge < -0.3 is 10.1 Å². The Bertz CT molecular complexity index is 983. The first kappa shape index (κ1) is 19.0. The van der Waals surface area contributed by atoms with Crippen LogP contribution in [-0.4, -0.2) is 27.2 Å². The number of hydrogen-bond donors (Lipinski definition) is 2. The molecule has 0 radical (unpaired) electrons. The molecule has 3 rings (SSSR count). The van der Waals surface area contributed by atoms with Gasteiger partial charge in [0.15, 0.2) is 0 Å². The quantitative estimate of drug-likeness (QED) is 0.748. The van der Waals surface area contributed by atoms with E-state index in [2.05, 4.69) is 10.0 Å². The fourth-order valence-electron chi connectivity index (χ4n) is 2.91. The molecule has 0 saturated heterocycles. The summed E-state index contributed by atoms with van der Waals surface area (Å²) in [6, 6.07) is 12.5. The van der Waals surface area contributed by atoms with Gasteiger partial charge in [-0.2, -0.15) is 0 Å². The Morgan fingerprint density at radius 1 is 1.22 bits per heavy atom. The Kier molecular flexibility index (Phi) is 5.51. The highest BCUT2D eigenvalue weighted by molar-refractivity contribution is 7.92. The van der Waals surface area contributed by atoms with Crippen LogP contribution in [0.2, 0.25) is 0 Å². The maximum Gasteiger partial charge on any atom is 0.244 e. The zero-order chi connectivity index (χ0) is 19.4. The molecule has 2 aromatic rings. The maximum absolute atomic E-state index is 12.2. The molecule has 1 unspecified atom stereocenters. The van der Waals surface area contributed by atoms with Crippen molar-refractivity contribution < 1.29 is 17.9 Å². The molecule has 0 aromatic heterocycles. The number of ether oxygens (including phenoxy) is 1. The van der Waals surface area contributed by atoms with Crippen LogP contribution in [0.4, 0.5) is 5.69 Å². The molecule has 142 valence electrons. The Hall–Kier alpha value is -2.80. The molecule has 1 aliphatic rings. The van der Waals surface area contributed by atoms with Crippen molar-refractivity contribution in [3.8, 4) is 5.75 Å². The summed E-state index contributed by atoms with van der Waals surface area (Å²) in [7, 11) is -3.34. The summed E-state index contributed by atoms with van der Waals surface area (Å²) in [4.78, 5) is 12.2. The maximum atomic E-state index is 12.2. The first-order valence-corrected chi connectivity index (χ1v) is 10.5. The van der Waals surface area contributed by atoms with E-state index >= 15 is 0 Å².